The molecular weight excluding hydrogens is 433 g/mol. The first-order valence-electron chi connectivity index (χ1n) is 9.97. The van der Waals surface area contributed by atoms with Gasteiger partial charge in [-0.1, -0.05) is 41.4 Å². The van der Waals surface area contributed by atoms with Gasteiger partial charge in [-0.05, 0) is 58.0 Å². The molecule has 0 saturated heterocycles. The van der Waals surface area contributed by atoms with Gasteiger partial charge in [-0.2, -0.15) is 5.10 Å². The fraction of sp³-hybridized carbons (Fsp3) is 0.250. The van der Waals surface area contributed by atoms with Gasteiger partial charge in [-0.15, -0.1) is 0 Å². The van der Waals surface area contributed by atoms with Crippen molar-refractivity contribution >= 4 is 35.4 Å². The first-order valence-corrected chi connectivity index (χ1v) is 10.7. The molecule has 0 saturated carbocycles. The third kappa shape index (κ3) is 5.30. The largest absolute Gasteiger partial charge is 0.459 e. The van der Waals surface area contributed by atoms with E-state index in [2.05, 4.69) is 10.5 Å². The van der Waals surface area contributed by atoms with Gasteiger partial charge in [0.2, 0.25) is 0 Å². The highest BCUT2D eigenvalue weighted by molar-refractivity contribution is 6.35. The standard InChI is InChI=1S/C24H25Cl2N3O2/c1-15(2)31-24(30)19-8-5-6-11-23(19)29-16(3)12-18(17(29)4)13-27-28-14-20-21(25)9-7-10-22(20)26/h5-13,15,28H,14H2,1-4H3/b27-13+. The molecule has 5 nitrogen and oxygen atoms in total. The summed E-state index contributed by atoms with van der Waals surface area (Å²) in [4.78, 5) is 12.6. The van der Waals surface area contributed by atoms with Crippen LogP contribution in [0.1, 0.15) is 46.7 Å². The first-order chi connectivity index (χ1) is 14.8. The molecule has 0 aliphatic heterocycles. The number of ether oxygens (including phenoxy) is 1. The molecule has 162 valence electrons. The van der Waals surface area contributed by atoms with Crippen LogP contribution in [0.15, 0.2) is 53.6 Å². The molecule has 2 aromatic carbocycles. The number of carbonyl (C=O) groups is 1. The summed E-state index contributed by atoms with van der Waals surface area (Å²) in [6, 6.07) is 14.8. The van der Waals surface area contributed by atoms with E-state index in [4.69, 9.17) is 27.9 Å². The average Bonchev–Trinajstić information content (AvgIpc) is 2.99. The lowest BCUT2D eigenvalue weighted by Gasteiger charge is -2.15. The molecule has 0 spiro atoms. The number of hydrazone groups is 1. The number of esters is 1. The highest BCUT2D eigenvalue weighted by atomic mass is 35.5. The summed E-state index contributed by atoms with van der Waals surface area (Å²) in [5, 5.41) is 5.52. The molecule has 3 aromatic rings. The Bertz CT molecular complexity index is 1100. The van der Waals surface area contributed by atoms with Crippen molar-refractivity contribution in [3.63, 3.8) is 0 Å². The van der Waals surface area contributed by atoms with Crippen molar-refractivity contribution in [1.29, 1.82) is 0 Å². The van der Waals surface area contributed by atoms with E-state index in [0.29, 0.717) is 22.2 Å². The summed E-state index contributed by atoms with van der Waals surface area (Å²) in [5.41, 5.74) is 7.97. The molecule has 0 aliphatic carbocycles. The van der Waals surface area contributed by atoms with Gasteiger partial charge in [-0.3, -0.25) is 0 Å². The normalized spacial score (nSPS) is 11.3. The number of rotatable bonds is 7. The van der Waals surface area contributed by atoms with Gasteiger partial charge in [0.05, 0.1) is 30.1 Å². The molecule has 1 N–H and O–H groups in total. The van der Waals surface area contributed by atoms with E-state index in [9.17, 15) is 4.79 Å². The predicted molar refractivity (Wildman–Crippen MR) is 127 cm³/mol. The van der Waals surface area contributed by atoms with Gasteiger partial charge in [0.25, 0.3) is 0 Å². The van der Waals surface area contributed by atoms with Crippen LogP contribution in [0, 0.1) is 13.8 Å². The van der Waals surface area contributed by atoms with Crippen molar-refractivity contribution in [3.05, 3.63) is 86.7 Å². The van der Waals surface area contributed by atoms with E-state index in [1.807, 2.05) is 56.5 Å². The van der Waals surface area contributed by atoms with Gasteiger partial charge in [0.15, 0.2) is 0 Å². The monoisotopic (exact) mass is 457 g/mol. The maximum atomic E-state index is 12.6. The number of carbonyl (C=O) groups excluding carboxylic acids is 1. The summed E-state index contributed by atoms with van der Waals surface area (Å²) in [7, 11) is 0. The second kappa shape index (κ2) is 10.0. The number of hydrogen-bond donors (Lipinski definition) is 1. The Morgan fingerprint density at radius 1 is 1.13 bits per heavy atom. The summed E-state index contributed by atoms with van der Waals surface area (Å²) in [6.45, 7) is 8.07. The van der Waals surface area contributed by atoms with Crippen LogP contribution in [0.5, 0.6) is 0 Å². The third-order valence-corrected chi connectivity index (χ3v) is 5.50. The molecule has 1 aromatic heterocycles. The molecule has 1 heterocycles. The van der Waals surface area contributed by atoms with Crippen LogP contribution in [-0.4, -0.2) is 22.9 Å². The van der Waals surface area contributed by atoms with Crippen molar-refractivity contribution in [2.24, 2.45) is 5.10 Å². The van der Waals surface area contributed by atoms with Crippen LogP contribution in [0.2, 0.25) is 10.0 Å². The maximum absolute atomic E-state index is 12.6. The molecule has 0 aliphatic rings. The number of hydrogen-bond acceptors (Lipinski definition) is 4. The zero-order valence-corrected chi connectivity index (χ0v) is 19.5. The molecule has 0 fully saturated rings. The van der Waals surface area contributed by atoms with E-state index in [1.165, 1.54) is 0 Å². The molecule has 0 bridgehead atoms. The smallest absolute Gasteiger partial charge is 0.340 e. The highest BCUT2D eigenvalue weighted by Crippen LogP contribution is 2.25. The van der Waals surface area contributed by atoms with E-state index in [1.54, 1.807) is 30.5 Å². The summed E-state index contributed by atoms with van der Waals surface area (Å²) in [5.74, 6) is -0.341. The van der Waals surface area contributed by atoms with Crippen LogP contribution in [0.3, 0.4) is 0 Å². The van der Waals surface area contributed by atoms with Crippen LogP contribution in [0.25, 0.3) is 5.69 Å². The first kappa shape index (κ1) is 22.9. The Morgan fingerprint density at radius 2 is 1.81 bits per heavy atom. The minimum atomic E-state index is -0.341. The second-order valence-corrected chi connectivity index (χ2v) is 8.24. The van der Waals surface area contributed by atoms with Crippen LogP contribution in [-0.2, 0) is 11.3 Å². The molecule has 0 amide bonds. The van der Waals surface area contributed by atoms with Gasteiger partial charge < -0.3 is 14.7 Å². The average molecular weight is 458 g/mol. The van der Waals surface area contributed by atoms with Crippen molar-refractivity contribution < 1.29 is 9.53 Å². The zero-order valence-electron chi connectivity index (χ0n) is 17.9. The van der Waals surface area contributed by atoms with Gasteiger partial charge in [0, 0.05) is 32.6 Å². The van der Waals surface area contributed by atoms with E-state index >= 15 is 0 Å². The van der Waals surface area contributed by atoms with Crippen molar-refractivity contribution in [3.8, 4) is 5.69 Å². The molecule has 7 heteroatoms. The third-order valence-electron chi connectivity index (χ3n) is 4.79. The number of para-hydroxylation sites is 1. The lowest BCUT2D eigenvalue weighted by Crippen LogP contribution is -2.15. The number of aryl methyl sites for hydroxylation is 1. The maximum Gasteiger partial charge on any atom is 0.340 e. The molecule has 3 rings (SSSR count). The molecular formula is C24H25Cl2N3O2. The van der Waals surface area contributed by atoms with Gasteiger partial charge in [0.1, 0.15) is 0 Å². The SMILES string of the molecule is Cc1cc(/C=N/NCc2c(Cl)cccc2Cl)c(C)n1-c1ccccc1C(=O)OC(C)C. The lowest BCUT2D eigenvalue weighted by atomic mass is 10.1. The Kier molecular flexibility index (Phi) is 7.42. The quantitative estimate of drug-likeness (QED) is 0.265. The topological polar surface area (TPSA) is 55.6 Å². The van der Waals surface area contributed by atoms with Crippen molar-refractivity contribution in [2.45, 2.75) is 40.3 Å². The number of nitrogens with zero attached hydrogens (tertiary/aromatic N) is 2. The second-order valence-electron chi connectivity index (χ2n) is 7.43. The number of nitrogens with one attached hydrogen (secondary N) is 1. The Morgan fingerprint density at radius 3 is 2.48 bits per heavy atom. The highest BCUT2D eigenvalue weighted by Gasteiger charge is 2.18. The summed E-state index contributed by atoms with van der Waals surface area (Å²) >= 11 is 12.4. The fourth-order valence-corrected chi connectivity index (χ4v) is 3.88. The van der Waals surface area contributed by atoms with Crippen LogP contribution < -0.4 is 5.43 Å². The minimum absolute atomic E-state index is 0.187. The Labute approximate surface area is 192 Å². The Balaban J connectivity index is 1.83. The Hall–Kier alpha value is -2.76. The zero-order chi connectivity index (χ0) is 22.5. The summed E-state index contributed by atoms with van der Waals surface area (Å²) in [6.07, 6.45) is 1.56. The van der Waals surface area contributed by atoms with E-state index in [-0.39, 0.29) is 12.1 Å². The number of benzene rings is 2. The molecule has 31 heavy (non-hydrogen) atoms. The number of aromatic nitrogens is 1. The number of halogens is 2. The van der Waals surface area contributed by atoms with E-state index < -0.39 is 0 Å². The van der Waals surface area contributed by atoms with Crippen molar-refractivity contribution in [2.75, 3.05) is 0 Å². The van der Waals surface area contributed by atoms with Gasteiger partial charge >= 0.3 is 5.97 Å². The summed E-state index contributed by atoms with van der Waals surface area (Å²) < 4.78 is 7.45. The lowest BCUT2D eigenvalue weighted by molar-refractivity contribution is 0.0378. The van der Waals surface area contributed by atoms with Crippen LogP contribution >= 0.6 is 23.2 Å². The van der Waals surface area contributed by atoms with Crippen molar-refractivity contribution in [1.82, 2.24) is 9.99 Å². The predicted octanol–water partition coefficient (Wildman–Crippen LogP) is 6.09. The van der Waals surface area contributed by atoms with E-state index in [0.717, 1.165) is 28.2 Å². The van der Waals surface area contributed by atoms with Crippen LogP contribution in [0.4, 0.5) is 0 Å². The fourth-order valence-electron chi connectivity index (χ4n) is 3.35. The minimum Gasteiger partial charge on any atom is -0.459 e. The molecule has 0 unspecified atom stereocenters. The van der Waals surface area contributed by atoms with Gasteiger partial charge in [-0.25, -0.2) is 4.79 Å². The molecule has 0 atom stereocenters. The molecule has 0 radical (unpaired) electrons.